The van der Waals surface area contributed by atoms with Crippen LogP contribution in [0.15, 0.2) is 108 Å². The summed E-state index contributed by atoms with van der Waals surface area (Å²) in [5.41, 5.74) is 4.27. The molecule has 3 atom stereocenters. The first-order valence-corrected chi connectivity index (χ1v) is 12.4. The molecule has 0 amide bonds. The van der Waals surface area contributed by atoms with E-state index in [-0.39, 0.29) is 6.10 Å². The molecule has 3 nitrogen and oxygen atoms in total. The van der Waals surface area contributed by atoms with E-state index in [1.807, 2.05) is 49.4 Å². The van der Waals surface area contributed by atoms with Gasteiger partial charge in [0.1, 0.15) is 6.29 Å². The highest BCUT2D eigenvalue weighted by Gasteiger charge is 2.17. The summed E-state index contributed by atoms with van der Waals surface area (Å²) in [4.78, 5) is 11.0. The second-order valence-electron chi connectivity index (χ2n) is 9.17. The molecule has 0 aliphatic carbocycles. The zero-order chi connectivity index (χ0) is 25.3. The van der Waals surface area contributed by atoms with Gasteiger partial charge in [-0.15, -0.1) is 0 Å². The minimum Gasteiger partial charge on any atom is -0.373 e. The number of ether oxygens (including phenoxy) is 2. The number of benzene rings is 2. The van der Waals surface area contributed by atoms with Gasteiger partial charge < -0.3 is 9.47 Å². The predicted molar refractivity (Wildman–Crippen MR) is 146 cm³/mol. The van der Waals surface area contributed by atoms with E-state index < -0.39 is 0 Å². The first-order chi connectivity index (χ1) is 17.0. The summed E-state index contributed by atoms with van der Waals surface area (Å²) in [6, 6.07) is 20.4. The minimum absolute atomic E-state index is 0.0225. The van der Waals surface area contributed by atoms with Crippen molar-refractivity contribution in [3.63, 3.8) is 0 Å². The summed E-state index contributed by atoms with van der Waals surface area (Å²) in [7, 11) is 0. The molecule has 2 rings (SSSR count). The monoisotopic (exact) mass is 472 g/mol. The summed E-state index contributed by atoms with van der Waals surface area (Å²) in [5, 5.41) is 0. The Kier molecular flexibility index (Phi) is 13.4. The summed E-state index contributed by atoms with van der Waals surface area (Å²) >= 11 is 0. The summed E-state index contributed by atoms with van der Waals surface area (Å²) in [5.74, 6) is 0.611. The SMILES string of the molecule is C/C(C=O)=C\C(C)CC(C)C(/C=C/C=C/C(C)=C/COCc1ccccc1)OCc1ccccc1. The van der Waals surface area contributed by atoms with Gasteiger partial charge in [0.05, 0.1) is 25.9 Å². The maximum absolute atomic E-state index is 11.0. The fraction of sp³-hybridized carbons (Fsp3) is 0.344. The van der Waals surface area contributed by atoms with E-state index in [2.05, 4.69) is 75.4 Å². The lowest BCUT2D eigenvalue weighted by Crippen LogP contribution is -2.21. The average molecular weight is 473 g/mol. The van der Waals surface area contributed by atoms with Crippen LogP contribution in [0.5, 0.6) is 0 Å². The maximum atomic E-state index is 11.0. The van der Waals surface area contributed by atoms with Crippen LogP contribution in [0.4, 0.5) is 0 Å². The van der Waals surface area contributed by atoms with Gasteiger partial charge in [-0.3, -0.25) is 4.79 Å². The van der Waals surface area contributed by atoms with Crippen molar-refractivity contribution >= 4 is 6.29 Å². The summed E-state index contributed by atoms with van der Waals surface area (Å²) in [6.45, 7) is 10.1. The molecule has 0 aromatic heterocycles. The van der Waals surface area contributed by atoms with Gasteiger partial charge in [0.2, 0.25) is 0 Å². The van der Waals surface area contributed by atoms with Gasteiger partial charge in [0.15, 0.2) is 0 Å². The molecule has 2 aromatic rings. The lowest BCUT2D eigenvalue weighted by molar-refractivity contribution is -0.104. The lowest BCUT2D eigenvalue weighted by Gasteiger charge is -2.23. The van der Waals surface area contributed by atoms with Gasteiger partial charge in [0, 0.05) is 0 Å². The predicted octanol–water partition coefficient (Wildman–Crippen LogP) is 7.65. The molecule has 0 heterocycles. The van der Waals surface area contributed by atoms with Gasteiger partial charge in [-0.25, -0.2) is 0 Å². The molecule has 0 saturated heterocycles. The highest BCUT2D eigenvalue weighted by atomic mass is 16.5. The van der Waals surface area contributed by atoms with Crippen LogP contribution in [0.3, 0.4) is 0 Å². The number of rotatable bonds is 15. The van der Waals surface area contributed by atoms with E-state index in [0.29, 0.717) is 31.7 Å². The van der Waals surface area contributed by atoms with Gasteiger partial charge >= 0.3 is 0 Å². The Morgan fingerprint density at radius 3 is 2.11 bits per heavy atom. The maximum Gasteiger partial charge on any atom is 0.145 e. The number of aldehydes is 1. The van der Waals surface area contributed by atoms with Crippen LogP contribution in [0.2, 0.25) is 0 Å². The highest BCUT2D eigenvalue weighted by molar-refractivity contribution is 5.72. The molecule has 0 aliphatic heterocycles. The summed E-state index contributed by atoms with van der Waals surface area (Å²) < 4.78 is 12.0. The van der Waals surface area contributed by atoms with Crippen molar-refractivity contribution in [1.82, 2.24) is 0 Å². The Bertz CT molecular complexity index is 970. The minimum atomic E-state index is -0.0225. The van der Waals surface area contributed by atoms with Crippen molar-refractivity contribution < 1.29 is 14.3 Å². The molecule has 3 heteroatoms. The van der Waals surface area contributed by atoms with Crippen LogP contribution in [0.25, 0.3) is 0 Å². The molecular weight excluding hydrogens is 432 g/mol. The molecule has 35 heavy (non-hydrogen) atoms. The van der Waals surface area contributed by atoms with Gasteiger partial charge in [-0.05, 0) is 48.8 Å². The van der Waals surface area contributed by atoms with Crippen LogP contribution >= 0.6 is 0 Å². The second kappa shape index (κ2) is 16.6. The van der Waals surface area contributed by atoms with Crippen molar-refractivity contribution in [1.29, 1.82) is 0 Å². The van der Waals surface area contributed by atoms with Gasteiger partial charge in [-0.2, -0.15) is 0 Å². The smallest absolute Gasteiger partial charge is 0.145 e. The zero-order valence-electron chi connectivity index (χ0n) is 21.6. The Balaban J connectivity index is 1.92. The van der Waals surface area contributed by atoms with Crippen LogP contribution in [-0.2, 0) is 27.5 Å². The third kappa shape index (κ3) is 12.3. The molecule has 0 spiro atoms. The number of carbonyl (C=O) groups is 1. The number of hydrogen-bond donors (Lipinski definition) is 0. The van der Waals surface area contributed by atoms with E-state index in [4.69, 9.17) is 9.47 Å². The van der Waals surface area contributed by atoms with Crippen molar-refractivity contribution in [3.05, 3.63) is 119 Å². The van der Waals surface area contributed by atoms with E-state index in [9.17, 15) is 4.79 Å². The molecule has 0 aliphatic rings. The third-order valence-corrected chi connectivity index (χ3v) is 5.73. The molecule has 0 N–H and O–H groups in total. The third-order valence-electron chi connectivity index (χ3n) is 5.73. The first-order valence-electron chi connectivity index (χ1n) is 12.4. The largest absolute Gasteiger partial charge is 0.373 e. The van der Waals surface area contributed by atoms with Crippen molar-refractivity contribution in [3.8, 4) is 0 Å². The second-order valence-corrected chi connectivity index (χ2v) is 9.17. The first kappa shape index (κ1) is 28.2. The van der Waals surface area contributed by atoms with Gasteiger partial charge in [0.25, 0.3) is 0 Å². The molecular formula is C32H40O3. The zero-order valence-corrected chi connectivity index (χ0v) is 21.6. The Morgan fingerprint density at radius 1 is 0.857 bits per heavy atom. The van der Waals surface area contributed by atoms with Crippen molar-refractivity contribution in [2.45, 2.75) is 53.4 Å². The van der Waals surface area contributed by atoms with E-state index in [1.54, 1.807) is 0 Å². The molecule has 0 saturated carbocycles. The Labute approximate surface area is 211 Å². The average Bonchev–Trinajstić information content (AvgIpc) is 2.87. The molecule has 0 bridgehead atoms. The number of hydrogen-bond acceptors (Lipinski definition) is 3. The van der Waals surface area contributed by atoms with Crippen LogP contribution in [0, 0.1) is 11.8 Å². The highest BCUT2D eigenvalue weighted by Crippen LogP contribution is 2.22. The summed E-state index contributed by atoms with van der Waals surface area (Å²) in [6.07, 6.45) is 14.3. The van der Waals surface area contributed by atoms with E-state index in [1.165, 1.54) is 5.56 Å². The number of allylic oxidation sites excluding steroid dienone is 6. The number of carbonyl (C=O) groups excluding carboxylic acids is 1. The topological polar surface area (TPSA) is 35.5 Å². The van der Waals surface area contributed by atoms with Gasteiger partial charge in [-0.1, -0.05) is 117 Å². The quantitative estimate of drug-likeness (QED) is 0.116. The fourth-order valence-electron chi connectivity index (χ4n) is 3.84. The van der Waals surface area contributed by atoms with Crippen molar-refractivity contribution in [2.75, 3.05) is 6.61 Å². The van der Waals surface area contributed by atoms with Crippen LogP contribution in [-0.4, -0.2) is 19.0 Å². The molecule has 3 unspecified atom stereocenters. The van der Waals surface area contributed by atoms with Crippen molar-refractivity contribution in [2.24, 2.45) is 11.8 Å². The normalized spacial score (nSPS) is 15.4. The Morgan fingerprint density at radius 2 is 1.49 bits per heavy atom. The lowest BCUT2D eigenvalue weighted by atomic mass is 9.91. The van der Waals surface area contributed by atoms with E-state index >= 15 is 0 Å². The Hall–Kier alpha value is -3.01. The molecule has 0 fully saturated rings. The molecule has 0 radical (unpaired) electrons. The standard InChI is InChI=1S/C32H40O3/c1-26(19-20-34-24-30-14-7-5-8-15-30)13-11-12-18-32(35-25-31-16-9-6-10-17-31)29(4)22-27(2)21-28(3)23-33/h5-19,21,23,27,29,32H,20,22,24-25H2,1-4H3/b13-11+,18-12+,26-19+,28-21+. The molecule has 2 aromatic carbocycles. The fourth-order valence-corrected chi connectivity index (χ4v) is 3.84. The van der Waals surface area contributed by atoms with Crippen LogP contribution in [0.1, 0.15) is 45.2 Å². The van der Waals surface area contributed by atoms with Crippen LogP contribution < -0.4 is 0 Å². The molecule has 186 valence electrons. The van der Waals surface area contributed by atoms with E-state index in [0.717, 1.165) is 29.4 Å².